The number of amides is 2. The molecule has 0 aliphatic rings. The number of rotatable bonds is 6. The van der Waals surface area contributed by atoms with E-state index in [1.807, 2.05) is 18.7 Å². The van der Waals surface area contributed by atoms with Gasteiger partial charge in [-0.3, -0.25) is 9.59 Å². The van der Waals surface area contributed by atoms with Gasteiger partial charge in [0.2, 0.25) is 5.91 Å². The maximum atomic E-state index is 11.9. The Labute approximate surface area is 119 Å². The van der Waals surface area contributed by atoms with E-state index in [4.69, 9.17) is 5.73 Å². The molecule has 0 fully saturated rings. The molecule has 6 heteroatoms. The molecule has 1 rings (SSSR count). The summed E-state index contributed by atoms with van der Waals surface area (Å²) in [5.74, 6) is -0.283. The summed E-state index contributed by atoms with van der Waals surface area (Å²) in [5.41, 5.74) is 7.52. The Morgan fingerprint density at radius 1 is 1.30 bits per heavy atom. The van der Waals surface area contributed by atoms with Crippen molar-refractivity contribution in [2.45, 2.75) is 13.8 Å². The molecule has 20 heavy (non-hydrogen) atoms. The highest BCUT2D eigenvalue weighted by Crippen LogP contribution is 2.23. The van der Waals surface area contributed by atoms with Crippen molar-refractivity contribution in [3.8, 4) is 0 Å². The molecule has 0 atom stereocenters. The van der Waals surface area contributed by atoms with Gasteiger partial charge in [0.25, 0.3) is 5.91 Å². The maximum absolute atomic E-state index is 11.9. The number of carbonyl (C=O) groups is 2. The minimum atomic E-state index is -0.200. The van der Waals surface area contributed by atoms with Gasteiger partial charge in [0, 0.05) is 25.8 Å². The van der Waals surface area contributed by atoms with Crippen molar-refractivity contribution in [3.63, 3.8) is 0 Å². The van der Waals surface area contributed by atoms with Crippen molar-refractivity contribution < 1.29 is 9.59 Å². The average molecular weight is 278 g/mol. The number of anilines is 2. The van der Waals surface area contributed by atoms with E-state index < -0.39 is 0 Å². The Bertz CT molecular complexity index is 488. The van der Waals surface area contributed by atoms with Gasteiger partial charge in [-0.2, -0.15) is 0 Å². The smallest absolute Gasteiger partial charge is 0.253 e. The number of nitrogens with two attached hydrogens (primary N) is 1. The molecule has 0 heterocycles. The fourth-order valence-electron chi connectivity index (χ4n) is 1.93. The molecular formula is C14H22N4O2. The van der Waals surface area contributed by atoms with Crippen LogP contribution in [0.1, 0.15) is 24.2 Å². The first-order chi connectivity index (χ1) is 9.53. The van der Waals surface area contributed by atoms with Gasteiger partial charge in [0.05, 0.1) is 17.8 Å². The number of hydrogen-bond acceptors (Lipinski definition) is 4. The first-order valence-corrected chi connectivity index (χ1v) is 6.66. The van der Waals surface area contributed by atoms with Gasteiger partial charge in [0.1, 0.15) is 0 Å². The number of nitrogen functional groups attached to an aromatic ring is 1. The van der Waals surface area contributed by atoms with Crippen molar-refractivity contribution in [2.75, 3.05) is 37.3 Å². The van der Waals surface area contributed by atoms with Crippen LogP contribution in [0.15, 0.2) is 18.2 Å². The summed E-state index contributed by atoms with van der Waals surface area (Å²) in [6.07, 6.45) is 0. The first kappa shape index (κ1) is 15.8. The predicted octanol–water partition coefficient (Wildman–Crippen LogP) is 0.591. The lowest BCUT2D eigenvalue weighted by atomic mass is 10.1. The molecule has 0 unspecified atom stereocenters. The number of likely N-dealkylation sites (N-methyl/N-ethyl adjacent to an activating group) is 2. The van der Waals surface area contributed by atoms with Gasteiger partial charge >= 0.3 is 0 Å². The van der Waals surface area contributed by atoms with E-state index in [-0.39, 0.29) is 18.4 Å². The minimum absolute atomic E-state index is 0.0837. The summed E-state index contributed by atoms with van der Waals surface area (Å²) in [6, 6.07) is 5.06. The van der Waals surface area contributed by atoms with Crippen LogP contribution in [0, 0.1) is 0 Å². The second kappa shape index (κ2) is 7.37. The lowest BCUT2D eigenvalue weighted by Gasteiger charge is -2.25. The van der Waals surface area contributed by atoms with E-state index in [1.165, 1.54) is 0 Å². The monoisotopic (exact) mass is 278 g/mol. The molecule has 1 aromatic carbocycles. The van der Waals surface area contributed by atoms with Gasteiger partial charge < -0.3 is 21.3 Å². The lowest BCUT2D eigenvalue weighted by Crippen LogP contribution is -2.38. The standard InChI is InChI=1S/C14H22N4O2/c1-4-17-13(19)9-18(5-2)12-8-10(15)6-7-11(12)14(20)16-3/h6-8H,4-5,9,15H2,1-3H3,(H,16,20)(H,17,19). The van der Waals surface area contributed by atoms with Crippen LogP contribution in [0.4, 0.5) is 11.4 Å². The normalized spacial score (nSPS) is 9.95. The molecule has 6 nitrogen and oxygen atoms in total. The summed E-state index contributed by atoms with van der Waals surface area (Å²) in [5, 5.41) is 5.34. The number of nitrogens with one attached hydrogen (secondary N) is 2. The summed E-state index contributed by atoms with van der Waals surface area (Å²) >= 11 is 0. The Kier molecular flexibility index (Phi) is 5.83. The molecule has 0 aromatic heterocycles. The maximum Gasteiger partial charge on any atom is 0.253 e. The van der Waals surface area contributed by atoms with Crippen molar-refractivity contribution in [1.29, 1.82) is 0 Å². The van der Waals surface area contributed by atoms with E-state index in [9.17, 15) is 9.59 Å². The molecule has 0 saturated carbocycles. The van der Waals surface area contributed by atoms with Crippen molar-refractivity contribution in [2.24, 2.45) is 0 Å². The Morgan fingerprint density at radius 2 is 2.00 bits per heavy atom. The Morgan fingerprint density at radius 3 is 2.55 bits per heavy atom. The number of carbonyl (C=O) groups excluding carboxylic acids is 2. The average Bonchev–Trinajstić information content (AvgIpc) is 2.44. The fraction of sp³-hybridized carbons (Fsp3) is 0.429. The van der Waals surface area contributed by atoms with Crippen LogP contribution in [0.3, 0.4) is 0 Å². The number of hydrogen-bond donors (Lipinski definition) is 3. The lowest BCUT2D eigenvalue weighted by molar-refractivity contribution is -0.119. The highest BCUT2D eigenvalue weighted by atomic mass is 16.2. The molecular weight excluding hydrogens is 256 g/mol. The SMILES string of the molecule is CCNC(=O)CN(CC)c1cc(N)ccc1C(=O)NC. The van der Waals surface area contributed by atoms with Crippen LogP contribution in [0.25, 0.3) is 0 Å². The molecule has 0 radical (unpaired) electrons. The van der Waals surface area contributed by atoms with E-state index in [1.54, 1.807) is 25.2 Å². The summed E-state index contributed by atoms with van der Waals surface area (Å²) in [6.45, 7) is 5.17. The molecule has 0 aliphatic heterocycles. The third-order valence-electron chi connectivity index (χ3n) is 2.92. The van der Waals surface area contributed by atoms with Crippen LogP contribution in [0.5, 0.6) is 0 Å². The van der Waals surface area contributed by atoms with Crippen LogP contribution in [-0.2, 0) is 4.79 Å². The number of nitrogens with zero attached hydrogens (tertiary/aromatic N) is 1. The highest BCUT2D eigenvalue weighted by molar-refractivity contribution is 6.00. The van der Waals surface area contributed by atoms with Crippen molar-refractivity contribution in [3.05, 3.63) is 23.8 Å². The Hall–Kier alpha value is -2.24. The van der Waals surface area contributed by atoms with Gasteiger partial charge in [0.15, 0.2) is 0 Å². The molecule has 0 saturated heterocycles. The second-order valence-electron chi connectivity index (χ2n) is 4.32. The Balaban J connectivity index is 3.09. The quantitative estimate of drug-likeness (QED) is 0.665. The third kappa shape index (κ3) is 3.88. The molecule has 1 aromatic rings. The molecule has 110 valence electrons. The van der Waals surface area contributed by atoms with Crippen molar-refractivity contribution in [1.82, 2.24) is 10.6 Å². The predicted molar refractivity (Wildman–Crippen MR) is 80.8 cm³/mol. The van der Waals surface area contributed by atoms with Crippen LogP contribution < -0.4 is 21.3 Å². The molecule has 0 aliphatic carbocycles. The van der Waals surface area contributed by atoms with E-state index in [0.717, 1.165) is 0 Å². The fourth-order valence-corrected chi connectivity index (χ4v) is 1.93. The third-order valence-corrected chi connectivity index (χ3v) is 2.92. The zero-order valence-electron chi connectivity index (χ0n) is 12.2. The summed E-state index contributed by atoms with van der Waals surface area (Å²) in [4.78, 5) is 25.5. The number of benzene rings is 1. The largest absolute Gasteiger partial charge is 0.399 e. The topological polar surface area (TPSA) is 87.5 Å². The highest BCUT2D eigenvalue weighted by Gasteiger charge is 2.17. The molecule has 2 amide bonds. The van der Waals surface area contributed by atoms with E-state index in [0.29, 0.717) is 30.0 Å². The van der Waals surface area contributed by atoms with E-state index in [2.05, 4.69) is 10.6 Å². The minimum Gasteiger partial charge on any atom is -0.399 e. The molecule has 0 spiro atoms. The first-order valence-electron chi connectivity index (χ1n) is 6.66. The van der Waals surface area contributed by atoms with Gasteiger partial charge in [-0.1, -0.05) is 0 Å². The summed E-state index contributed by atoms with van der Waals surface area (Å²) < 4.78 is 0. The van der Waals surface area contributed by atoms with Crippen LogP contribution in [-0.4, -0.2) is 38.5 Å². The van der Waals surface area contributed by atoms with Crippen LogP contribution >= 0.6 is 0 Å². The van der Waals surface area contributed by atoms with Gasteiger partial charge in [-0.25, -0.2) is 0 Å². The van der Waals surface area contributed by atoms with Gasteiger partial charge in [-0.05, 0) is 32.0 Å². The molecule has 0 bridgehead atoms. The van der Waals surface area contributed by atoms with Gasteiger partial charge in [-0.15, -0.1) is 0 Å². The van der Waals surface area contributed by atoms with E-state index >= 15 is 0 Å². The zero-order valence-corrected chi connectivity index (χ0v) is 12.2. The molecule has 4 N–H and O–H groups in total. The van der Waals surface area contributed by atoms with Crippen molar-refractivity contribution >= 4 is 23.2 Å². The summed E-state index contributed by atoms with van der Waals surface area (Å²) in [7, 11) is 1.57. The zero-order chi connectivity index (χ0) is 15.1. The van der Waals surface area contributed by atoms with Crippen LogP contribution in [0.2, 0.25) is 0 Å². The second-order valence-corrected chi connectivity index (χ2v) is 4.32.